The van der Waals surface area contributed by atoms with E-state index >= 15 is 0 Å². The Morgan fingerprint density at radius 1 is 1.38 bits per heavy atom. The van der Waals surface area contributed by atoms with Crippen molar-refractivity contribution in [3.05, 3.63) is 44.9 Å². The summed E-state index contributed by atoms with van der Waals surface area (Å²) in [6, 6.07) is 5.20. The maximum Gasteiger partial charge on any atom is 0.292 e. The Balaban J connectivity index is 2.23. The lowest BCUT2D eigenvalue weighted by Gasteiger charge is -2.13. The Kier molecular flexibility index (Phi) is 3.24. The van der Waals surface area contributed by atoms with Crippen LogP contribution in [0.1, 0.15) is 12.8 Å². The van der Waals surface area contributed by atoms with Gasteiger partial charge in [0.15, 0.2) is 0 Å². The highest BCUT2D eigenvalue weighted by molar-refractivity contribution is 9.10. The van der Waals surface area contributed by atoms with E-state index in [9.17, 15) is 10.1 Å². The molecule has 0 aliphatic heterocycles. The lowest BCUT2D eigenvalue weighted by molar-refractivity contribution is -0.384. The summed E-state index contributed by atoms with van der Waals surface area (Å²) >= 11 is 3.32. The van der Waals surface area contributed by atoms with Gasteiger partial charge >= 0.3 is 0 Å². The summed E-state index contributed by atoms with van der Waals surface area (Å²) in [5.41, 5.74) is 0.697. The molecule has 0 atom stereocenters. The van der Waals surface area contributed by atoms with Crippen LogP contribution in [0.4, 0.5) is 11.4 Å². The number of nitro groups is 1. The lowest BCUT2D eigenvalue weighted by atomic mass is 10.2. The number of nitro benzene ring substituents is 1. The van der Waals surface area contributed by atoms with Crippen LogP contribution in [0.2, 0.25) is 0 Å². The standard InChI is InChI=1S/C11H11BrN2O2/c12-8-5-6-11(14(15)16)10(7-8)13-9-3-1-2-4-9/h1-2,5-7,9,13H,3-4H2. The molecule has 1 N–H and O–H groups in total. The topological polar surface area (TPSA) is 55.2 Å². The maximum atomic E-state index is 10.8. The van der Waals surface area contributed by atoms with E-state index in [1.54, 1.807) is 12.1 Å². The van der Waals surface area contributed by atoms with Gasteiger partial charge in [0.05, 0.1) is 4.92 Å². The van der Waals surface area contributed by atoms with Crippen molar-refractivity contribution in [3.8, 4) is 0 Å². The van der Waals surface area contributed by atoms with Gasteiger partial charge < -0.3 is 5.32 Å². The van der Waals surface area contributed by atoms with Crippen LogP contribution in [-0.4, -0.2) is 11.0 Å². The Labute approximate surface area is 102 Å². The van der Waals surface area contributed by atoms with Crippen LogP contribution in [0.5, 0.6) is 0 Å². The summed E-state index contributed by atoms with van der Waals surface area (Å²) in [7, 11) is 0. The Morgan fingerprint density at radius 2 is 2.06 bits per heavy atom. The van der Waals surface area contributed by atoms with Crippen LogP contribution in [-0.2, 0) is 0 Å². The minimum atomic E-state index is -0.364. The third-order valence-corrected chi connectivity index (χ3v) is 3.02. The molecule has 2 rings (SSSR count). The highest BCUT2D eigenvalue weighted by atomic mass is 79.9. The fourth-order valence-electron chi connectivity index (χ4n) is 1.74. The van der Waals surface area contributed by atoms with Crippen molar-refractivity contribution >= 4 is 27.3 Å². The molecule has 0 saturated heterocycles. The van der Waals surface area contributed by atoms with Crippen molar-refractivity contribution in [2.75, 3.05) is 5.32 Å². The smallest absolute Gasteiger partial charge is 0.292 e. The first-order chi connectivity index (χ1) is 7.66. The minimum absolute atomic E-state index is 0.120. The Hall–Kier alpha value is -1.36. The monoisotopic (exact) mass is 282 g/mol. The highest BCUT2D eigenvalue weighted by Crippen LogP contribution is 2.29. The van der Waals surface area contributed by atoms with E-state index in [0.29, 0.717) is 5.69 Å². The van der Waals surface area contributed by atoms with Gasteiger partial charge in [-0.2, -0.15) is 0 Å². The quantitative estimate of drug-likeness (QED) is 0.525. The normalized spacial score (nSPS) is 15.3. The first-order valence-electron chi connectivity index (χ1n) is 5.02. The van der Waals surface area contributed by atoms with Crippen LogP contribution in [0.15, 0.2) is 34.8 Å². The fourth-order valence-corrected chi connectivity index (χ4v) is 2.10. The van der Waals surface area contributed by atoms with E-state index in [1.165, 1.54) is 6.07 Å². The predicted molar refractivity (Wildman–Crippen MR) is 66.6 cm³/mol. The number of nitrogens with zero attached hydrogens (tertiary/aromatic N) is 1. The molecule has 0 amide bonds. The fraction of sp³-hybridized carbons (Fsp3) is 0.273. The molecule has 5 heteroatoms. The second-order valence-corrected chi connectivity index (χ2v) is 4.62. The SMILES string of the molecule is O=[N+]([O-])c1ccc(Br)cc1NC1CC=CC1. The molecule has 1 aromatic carbocycles. The molecule has 84 valence electrons. The van der Waals surface area contributed by atoms with Crippen LogP contribution < -0.4 is 5.32 Å². The predicted octanol–water partition coefficient (Wildman–Crippen LogP) is 3.49. The second-order valence-electron chi connectivity index (χ2n) is 3.70. The maximum absolute atomic E-state index is 10.8. The number of rotatable bonds is 3. The molecule has 0 bridgehead atoms. The van der Waals surface area contributed by atoms with Crippen molar-refractivity contribution in [2.45, 2.75) is 18.9 Å². The average Bonchev–Trinajstić information content (AvgIpc) is 2.70. The number of benzene rings is 1. The Morgan fingerprint density at radius 3 is 2.69 bits per heavy atom. The van der Waals surface area contributed by atoms with E-state index in [0.717, 1.165) is 17.3 Å². The van der Waals surface area contributed by atoms with E-state index in [2.05, 4.69) is 33.4 Å². The van der Waals surface area contributed by atoms with E-state index in [1.807, 2.05) is 0 Å². The van der Waals surface area contributed by atoms with Crippen molar-refractivity contribution in [3.63, 3.8) is 0 Å². The van der Waals surface area contributed by atoms with Crippen molar-refractivity contribution < 1.29 is 4.92 Å². The zero-order valence-electron chi connectivity index (χ0n) is 8.52. The van der Waals surface area contributed by atoms with Crippen LogP contribution in [0, 0.1) is 10.1 Å². The van der Waals surface area contributed by atoms with Gasteiger partial charge in [0.1, 0.15) is 5.69 Å². The van der Waals surface area contributed by atoms with Gasteiger partial charge in [-0.1, -0.05) is 28.1 Å². The van der Waals surface area contributed by atoms with Gasteiger partial charge in [0, 0.05) is 16.6 Å². The van der Waals surface area contributed by atoms with E-state index in [-0.39, 0.29) is 16.7 Å². The van der Waals surface area contributed by atoms with Gasteiger partial charge in [-0.25, -0.2) is 0 Å². The summed E-state index contributed by atoms with van der Waals surface area (Å²) in [6.07, 6.45) is 6.01. The molecule has 0 fully saturated rings. The summed E-state index contributed by atoms with van der Waals surface area (Å²) < 4.78 is 0.839. The highest BCUT2D eigenvalue weighted by Gasteiger charge is 2.17. The van der Waals surface area contributed by atoms with E-state index in [4.69, 9.17) is 0 Å². The largest absolute Gasteiger partial charge is 0.376 e. The van der Waals surface area contributed by atoms with Gasteiger partial charge in [-0.3, -0.25) is 10.1 Å². The third-order valence-electron chi connectivity index (χ3n) is 2.52. The molecule has 0 spiro atoms. The molecule has 0 radical (unpaired) electrons. The molecule has 0 saturated carbocycles. The molecule has 0 unspecified atom stereocenters. The Bertz CT molecular complexity index is 438. The molecule has 0 heterocycles. The summed E-state index contributed by atoms with van der Waals surface area (Å²) in [5.74, 6) is 0. The van der Waals surface area contributed by atoms with Crippen LogP contribution >= 0.6 is 15.9 Å². The molecule has 1 aromatic rings. The number of halogens is 1. The number of hydrogen-bond donors (Lipinski definition) is 1. The zero-order valence-corrected chi connectivity index (χ0v) is 10.1. The second kappa shape index (κ2) is 4.65. The third kappa shape index (κ3) is 2.41. The van der Waals surface area contributed by atoms with E-state index < -0.39 is 0 Å². The van der Waals surface area contributed by atoms with Gasteiger partial charge in [-0.15, -0.1) is 0 Å². The van der Waals surface area contributed by atoms with Gasteiger partial charge in [0.2, 0.25) is 0 Å². The minimum Gasteiger partial charge on any atom is -0.376 e. The van der Waals surface area contributed by atoms with Crippen molar-refractivity contribution in [1.29, 1.82) is 0 Å². The lowest BCUT2D eigenvalue weighted by Crippen LogP contribution is -2.15. The van der Waals surface area contributed by atoms with Crippen molar-refractivity contribution in [1.82, 2.24) is 0 Å². The molecule has 0 aromatic heterocycles. The molecular formula is C11H11BrN2O2. The number of nitrogens with one attached hydrogen (secondary N) is 1. The van der Waals surface area contributed by atoms with Crippen molar-refractivity contribution in [2.24, 2.45) is 0 Å². The van der Waals surface area contributed by atoms with Gasteiger partial charge in [-0.05, 0) is 25.0 Å². The average molecular weight is 283 g/mol. The molecule has 1 aliphatic carbocycles. The van der Waals surface area contributed by atoms with Crippen LogP contribution in [0.3, 0.4) is 0 Å². The summed E-state index contributed by atoms with van der Waals surface area (Å²) in [5, 5.41) is 14.0. The number of anilines is 1. The molecule has 16 heavy (non-hydrogen) atoms. The van der Waals surface area contributed by atoms with Gasteiger partial charge in [0.25, 0.3) is 5.69 Å². The first-order valence-corrected chi connectivity index (χ1v) is 5.81. The summed E-state index contributed by atoms with van der Waals surface area (Å²) in [4.78, 5) is 10.5. The molecule has 1 aliphatic rings. The first kappa shape index (κ1) is 11.1. The zero-order chi connectivity index (χ0) is 11.5. The van der Waals surface area contributed by atoms with Crippen LogP contribution in [0.25, 0.3) is 0 Å². The summed E-state index contributed by atoms with van der Waals surface area (Å²) in [6.45, 7) is 0. The molecule has 4 nitrogen and oxygen atoms in total. The molecular weight excluding hydrogens is 272 g/mol. The number of hydrogen-bond acceptors (Lipinski definition) is 3.